The first kappa shape index (κ1) is 26.3. The van der Waals surface area contributed by atoms with Crippen LogP contribution in [-0.4, -0.2) is 4.57 Å². The fourth-order valence-electron chi connectivity index (χ4n) is 6.68. The minimum atomic E-state index is 0.902. The quantitative estimate of drug-likeness (QED) is 0.196. The Morgan fingerprint density at radius 3 is 1.54 bits per heavy atom. The van der Waals surface area contributed by atoms with Gasteiger partial charge in [0.1, 0.15) is 11.2 Å². The van der Waals surface area contributed by atoms with E-state index >= 15 is 0 Å². The molecular weight excluding hydrogens is 558 g/mol. The number of rotatable bonds is 5. The first-order valence-corrected chi connectivity index (χ1v) is 15.7. The molecule has 0 aliphatic carbocycles. The number of para-hydroxylation sites is 1. The molecule has 0 aliphatic rings. The van der Waals surface area contributed by atoms with E-state index in [1.807, 2.05) is 12.1 Å². The molecule has 0 aliphatic heterocycles. The standard InChI is InChI=1S/C44H29NO/c1-3-9-30(10-4-1)32-15-17-34(18-16-32)36-23-25-42-39(27-36)41(35-21-19-33(20-22-35)31-11-5-2-6-12-31)29-45(42)37-24-26-44-40(28-37)38-13-7-8-14-43(38)46-44/h1-29H. The molecule has 0 spiro atoms. The fraction of sp³-hybridized carbons (Fsp3) is 0. The van der Waals surface area contributed by atoms with E-state index in [1.54, 1.807) is 0 Å². The lowest BCUT2D eigenvalue weighted by Crippen LogP contribution is -1.91. The Labute approximate surface area is 267 Å². The van der Waals surface area contributed by atoms with E-state index in [-0.39, 0.29) is 0 Å². The number of hydrogen-bond acceptors (Lipinski definition) is 1. The van der Waals surface area contributed by atoms with E-state index < -0.39 is 0 Å². The maximum absolute atomic E-state index is 6.15. The van der Waals surface area contributed by atoms with Crippen molar-refractivity contribution in [1.82, 2.24) is 4.57 Å². The number of aromatic nitrogens is 1. The summed E-state index contributed by atoms with van der Waals surface area (Å²) in [6.07, 6.45) is 2.29. The van der Waals surface area contributed by atoms with Crippen molar-refractivity contribution in [2.45, 2.75) is 0 Å². The van der Waals surface area contributed by atoms with E-state index in [1.165, 1.54) is 55.4 Å². The van der Waals surface area contributed by atoms with Gasteiger partial charge in [-0.15, -0.1) is 0 Å². The molecule has 0 radical (unpaired) electrons. The second kappa shape index (κ2) is 10.8. The second-order valence-electron chi connectivity index (χ2n) is 11.8. The molecular formula is C44H29NO. The molecule has 46 heavy (non-hydrogen) atoms. The Bertz CT molecular complexity index is 2480. The summed E-state index contributed by atoms with van der Waals surface area (Å²) in [6, 6.07) is 60.5. The summed E-state index contributed by atoms with van der Waals surface area (Å²) in [6.45, 7) is 0. The number of benzene rings is 7. The lowest BCUT2D eigenvalue weighted by molar-refractivity contribution is 0.669. The zero-order valence-corrected chi connectivity index (χ0v) is 25.1. The number of nitrogens with zero attached hydrogens (tertiary/aromatic N) is 1. The molecule has 2 heteroatoms. The van der Waals surface area contributed by atoms with Crippen molar-refractivity contribution < 1.29 is 4.42 Å². The van der Waals surface area contributed by atoms with Crippen LogP contribution in [-0.2, 0) is 0 Å². The van der Waals surface area contributed by atoms with Crippen LogP contribution < -0.4 is 0 Å². The van der Waals surface area contributed by atoms with Crippen LogP contribution in [0.4, 0.5) is 0 Å². The summed E-state index contributed by atoms with van der Waals surface area (Å²) >= 11 is 0. The molecule has 0 amide bonds. The van der Waals surface area contributed by atoms with Gasteiger partial charge in [-0.3, -0.25) is 0 Å². The first-order chi connectivity index (χ1) is 22.8. The van der Waals surface area contributed by atoms with Crippen molar-refractivity contribution in [3.8, 4) is 50.2 Å². The van der Waals surface area contributed by atoms with Crippen molar-refractivity contribution in [3.63, 3.8) is 0 Å². The lowest BCUT2D eigenvalue weighted by atomic mass is 9.97. The van der Waals surface area contributed by atoms with Gasteiger partial charge < -0.3 is 8.98 Å². The molecule has 9 aromatic rings. The third-order valence-corrected chi connectivity index (χ3v) is 9.07. The molecule has 0 bridgehead atoms. The number of fused-ring (bicyclic) bond motifs is 4. The SMILES string of the molecule is c1ccc(-c2ccc(-c3ccc4c(c3)c(-c3ccc(-c5ccccc5)cc3)cn4-c3ccc4oc5ccccc5c4c3)cc2)cc1. The predicted molar refractivity (Wildman–Crippen MR) is 192 cm³/mol. The van der Waals surface area contributed by atoms with Crippen LogP contribution >= 0.6 is 0 Å². The van der Waals surface area contributed by atoms with E-state index in [0.29, 0.717) is 0 Å². The van der Waals surface area contributed by atoms with Gasteiger partial charge in [0.05, 0.1) is 5.52 Å². The Balaban J connectivity index is 1.19. The molecule has 0 N–H and O–H groups in total. The van der Waals surface area contributed by atoms with Crippen LogP contribution in [0.15, 0.2) is 180 Å². The molecule has 7 aromatic carbocycles. The minimum absolute atomic E-state index is 0.902. The van der Waals surface area contributed by atoms with Crippen molar-refractivity contribution >= 4 is 32.8 Å². The summed E-state index contributed by atoms with van der Waals surface area (Å²) in [5.74, 6) is 0. The Morgan fingerprint density at radius 1 is 0.348 bits per heavy atom. The van der Waals surface area contributed by atoms with Gasteiger partial charge in [-0.05, 0) is 75.3 Å². The highest BCUT2D eigenvalue weighted by atomic mass is 16.3. The van der Waals surface area contributed by atoms with E-state index in [2.05, 4.69) is 168 Å². The summed E-state index contributed by atoms with van der Waals surface area (Å²) < 4.78 is 8.46. The average Bonchev–Trinajstić information content (AvgIpc) is 3.71. The smallest absolute Gasteiger partial charge is 0.135 e. The predicted octanol–water partition coefficient (Wildman–Crippen LogP) is 12.2. The molecule has 0 fully saturated rings. The first-order valence-electron chi connectivity index (χ1n) is 15.7. The van der Waals surface area contributed by atoms with E-state index in [0.717, 1.165) is 27.6 Å². The maximum atomic E-state index is 6.15. The summed E-state index contributed by atoms with van der Waals surface area (Å²) in [5.41, 5.74) is 13.8. The normalized spacial score (nSPS) is 11.5. The van der Waals surface area contributed by atoms with Gasteiger partial charge in [0, 0.05) is 33.6 Å². The fourth-order valence-corrected chi connectivity index (χ4v) is 6.68. The van der Waals surface area contributed by atoms with Crippen LogP contribution in [0.1, 0.15) is 0 Å². The molecule has 0 saturated heterocycles. The Kier molecular flexibility index (Phi) is 6.17. The molecule has 0 unspecified atom stereocenters. The van der Waals surface area contributed by atoms with Crippen LogP contribution in [0.25, 0.3) is 83.0 Å². The third-order valence-electron chi connectivity index (χ3n) is 9.07. The highest BCUT2D eigenvalue weighted by Gasteiger charge is 2.15. The van der Waals surface area contributed by atoms with E-state index in [4.69, 9.17) is 4.42 Å². The van der Waals surface area contributed by atoms with Crippen molar-refractivity contribution in [2.75, 3.05) is 0 Å². The number of furan rings is 1. The van der Waals surface area contributed by atoms with Gasteiger partial charge in [0.25, 0.3) is 0 Å². The van der Waals surface area contributed by atoms with Gasteiger partial charge in [0.15, 0.2) is 0 Å². The minimum Gasteiger partial charge on any atom is -0.456 e. The third kappa shape index (κ3) is 4.51. The van der Waals surface area contributed by atoms with Crippen LogP contribution in [0.5, 0.6) is 0 Å². The monoisotopic (exact) mass is 587 g/mol. The topological polar surface area (TPSA) is 18.1 Å². The average molecular weight is 588 g/mol. The Morgan fingerprint density at radius 2 is 0.870 bits per heavy atom. The molecule has 2 heterocycles. The van der Waals surface area contributed by atoms with Crippen molar-refractivity contribution in [3.05, 3.63) is 176 Å². The largest absolute Gasteiger partial charge is 0.456 e. The summed E-state index contributed by atoms with van der Waals surface area (Å²) in [5, 5.41) is 3.47. The van der Waals surface area contributed by atoms with E-state index in [9.17, 15) is 0 Å². The molecule has 2 nitrogen and oxygen atoms in total. The maximum Gasteiger partial charge on any atom is 0.135 e. The molecule has 0 saturated carbocycles. The summed E-state index contributed by atoms with van der Waals surface area (Å²) in [7, 11) is 0. The lowest BCUT2D eigenvalue weighted by Gasteiger charge is -2.08. The van der Waals surface area contributed by atoms with Gasteiger partial charge >= 0.3 is 0 Å². The summed E-state index contributed by atoms with van der Waals surface area (Å²) in [4.78, 5) is 0. The highest BCUT2D eigenvalue weighted by Crippen LogP contribution is 2.38. The zero-order chi connectivity index (χ0) is 30.5. The molecule has 2 aromatic heterocycles. The second-order valence-corrected chi connectivity index (χ2v) is 11.8. The number of hydrogen-bond donors (Lipinski definition) is 0. The molecule has 0 atom stereocenters. The zero-order valence-electron chi connectivity index (χ0n) is 25.1. The van der Waals surface area contributed by atoms with Crippen molar-refractivity contribution in [2.24, 2.45) is 0 Å². The van der Waals surface area contributed by atoms with Crippen LogP contribution in [0.3, 0.4) is 0 Å². The molecule has 216 valence electrons. The molecule has 9 rings (SSSR count). The van der Waals surface area contributed by atoms with Gasteiger partial charge in [-0.1, -0.05) is 133 Å². The van der Waals surface area contributed by atoms with Gasteiger partial charge in [-0.25, -0.2) is 0 Å². The van der Waals surface area contributed by atoms with Crippen LogP contribution in [0.2, 0.25) is 0 Å². The van der Waals surface area contributed by atoms with Crippen LogP contribution in [0, 0.1) is 0 Å². The van der Waals surface area contributed by atoms with Crippen molar-refractivity contribution in [1.29, 1.82) is 0 Å². The van der Waals surface area contributed by atoms with Gasteiger partial charge in [-0.2, -0.15) is 0 Å². The highest BCUT2D eigenvalue weighted by molar-refractivity contribution is 6.06. The Hall–Kier alpha value is -6.12. The van der Waals surface area contributed by atoms with Gasteiger partial charge in [0.2, 0.25) is 0 Å².